The van der Waals surface area contributed by atoms with Gasteiger partial charge >= 0.3 is 0 Å². The van der Waals surface area contributed by atoms with Crippen molar-refractivity contribution in [3.63, 3.8) is 0 Å². The van der Waals surface area contributed by atoms with Crippen LogP contribution in [0.2, 0.25) is 0 Å². The van der Waals surface area contributed by atoms with E-state index in [-0.39, 0.29) is 12.5 Å². The minimum atomic E-state index is -0.154. The van der Waals surface area contributed by atoms with E-state index >= 15 is 0 Å². The second-order valence-corrected chi connectivity index (χ2v) is 5.70. The van der Waals surface area contributed by atoms with Gasteiger partial charge in [0.05, 0.1) is 0 Å². The van der Waals surface area contributed by atoms with Crippen LogP contribution >= 0.6 is 0 Å². The third-order valence-corrected chi connectivity index (χ3v) is 3.78. The van der Waals surface area contributed by atoms with E-state index in [4.69, 9.17) is 4.74 Å². The molecule has 0 spiro atoms. The number of para-hydroxylation sites is 1. The molecule has 0 atom stereocenters. The van der Waals surface area contributed by atoms with Gasteiger partial charge in [0.1, 0.15) is 5.75 Å². The van der Waals surface area contributed by atoms with Gasteiger partial charge in [0.25, 0.3) is 5.91 Å². The standard InChI is InChI=1S/C21H20N2O2/c24-21(23-15-18-9-6-12-22-14-18)16-25-20-11-5-4-10-19(20)13-17-7-2-1-3-8-17/h1-12,14H,13,15-16H2,(H,23,24). The van der Waals surface area contributed by atoms with Crippen LogP contribution in [0.5, 0.6) is 5.75 Å². The first kappa shape index (κ1) is 16.7. The Balaban J connectivity index is 1.55. The Morgan fingerprint density at radius 3 is 2.48 bits per heavy atom. The lowest BCUT2D eigenvalue weighted by Crippen LogP contribution is -2.28. The zero-order valence-electron chi connectivity index (χ0n) is 13.9. The van der Waals surface area contributed by atoms with Crippen LogP contribution in [0.4, 0.5) is 0 Å². The summed E-state index contributed by atoms with van der Waals surface area (Å²) in [5, 5.41) is 2.83. The molecule has 126 valence electrons. The van der Waals surface area contributed by atoms with Crippen LogP contribution < -0.4 is 10.1 Å². The monoisotopic (exact) mass is 332 g/mol. The molecule has 0 aliphatic carbocycles. The largest absolute Gasteiger partial charge is 0.483 e. The number of carbonyl (C=O) groups excluding carboxylic acids is 1. The number of hydrogen-bond donors (Lipinski definition) is 1. The first-order chi connectivity index (χ1) is 12.3. The molecular weight excluding hydrogens is 312 g/mol. The van der Waals surface area contributed by atoms with Crippen molar-refractivity contribution >= 4 is 5.91 Å². The van der Waals surface area contributed by atoms with Crippen molar-refractivity contribution in [2.75, 3.05) is 6.61 Å². The molecule has 0 aliphatic rings. The Morgan fingerprint density at radius 1 is 0.920 bits per heavy atom. The van der Waals surface area contributed by atoms with E-state index < -0.39 is 0 Å². The van der Waals surface area contributed by atoms with Gasteiger partial charge in [-0.2, -0.15) is 0 Å². The highest BCUT2D eigenvalue weighted by atomic mass is 16.5. The fraction of sp³-hybridized carbons (Fsp3) is 0.143. The van der Waals surface area contributed by atoms with Gasteiger partial charge in [-0.05, 0) is 28.8 Å². The molecule has 3 aromatic rings. The minimum absolute atomic E-state index is 0.00787. The van der Waals surface area contributed by atoms with Gasteiger partial charge in [0, 0.05) is 25.4 Å². The highest BCUT2D eigenvalue weighted by Gasteiger charge is 2.07. The summed E-state index contributed by atoms with van der Waals surface area (Å²) in [6.07, 6.45) is 4.21. The zero-order chi connectivity index (χ0) is 17.3. The van der Waals surface area contributed by atoms with E-state index in [1.54, 1.807) is 12.4 Å². The number of amides is 1. The minimum Gasteiger partial charge on any atom is -0.483 e. The fourth-order valence-electron chi connectivity index (χ4n) is 2.50. The Labute approximate surface area is 147 Å². The van der Waals surface area contributed by atoms with Crippen LogP contribution in [0, 0.1) is 0 Å². The van der Waals surface area contributed by atoms with Gasteiger partial charge < -0.3 is 10.1 Å². The molecule has 1 amide bonds. The SMILES string of the molecule is O=C(COc1ccccc1Cc1ccccc1)NCc1cccnc1. The third-order valence-electron chi connectivity index (χ3n) is 3.78. The summed E-state index contributed by atoms with van der Waals surface area (Å²) in [5.74, 6) is 0.584. The van der Waals surface area contributed by atoms with Crippen LogP contribution in [0.1, 0.15) is 16.7 Å². The van der Waals surface area contributed by atoms with Crippen molar-refractivity contribution < 1.29 is 9.53 Å². The molecule has 1 N–H and O–H groups in total. The van der Waals surface area contributed by atoms with Crippen LogP contribution in [0.25, 0.3) is 0 Å². The van der Waals surface area contributed by atoms with E-state index in [1.807, 2.05) is 54.6 Å². The number of pyridine rings is 1. The number of rotatable bonds is 7. The molecule has 0 aliphatic heterocycles. The molecule has 1 aromatic heterocycles. The molecule has 3 rings (SSSR count). The maximum atomic E-state index is 12.0. The lowest BCUT2D eigenvalue weighted by Gasteiger charge is -2.12. The summed E-state index contributed by atoms with van der Waals surface area (Å²) in [6, 6.07) is 21.8. The van der Waals surface area contributed by atoms with Crippen LogP contribution in [0.15, 0.2) is 79.1 Å². The van der Waals surface area contributed by atoms with Crippen LogP contribution in [-0.2, 0) is 17.8 Å². The fourth-order valence-corrected chi connectivity index (χ4v) is 2.50. The Hall–Kier alpha value is -3.14. The predicted octanol–water partition coefficient (Wildman–Crippen LogP) is 3.37. The van der Waals surface area contributed by atoms with Crippen molar-refractivity contribution in [2.45, 2.75) is 13.0 Å². The van der Waals surface area contributed by atoms with Gasteiger partial charge in [-0.25, -0.2) is 0 Å². The summed E-state index contributed by atoms with van der Waals surface area (Å²) < 4.78 is 5.73. The van der Waals surface area contributed by atoms with Crippen LogP contribution in [0.3, 0.4) is 0 Å². The number of aromatic nitrogens is 1. The first-order valence-corrected chi connectivity index (χ1v) is 8.21. The lowest BCUT2D eigenvalue weighted by atomic mass is 10.0. The first-order valence-electron chi connectivity index (χ1n) is 8.21. The van der Waals surface area contributed by atoms with Crippen molar-refractivity contribution in [3.8, 4) is 5.75 Å². The number of nitrogens with zero attached hydrogens (tertiary/aromatic N) is 1. The third kappa shape index (κ3) is 5.18. The molecule has 0 radical (unpaired) electrons. The van der Waals surface area contributed by atoms with Gasteiger partial charge in [-0.3, -0.25) is 9.78 Å². The molecular formula is C21H20N2O2. The topological polar surface area (TPSA) is 51.2 Å². The summed E-state index contributed by atoms with van der Waals surface area (Å²) in [6.45, 7) is 0.438. The molecule has 0 bridgehead atoms. The van der Waals surface area contributed by atoms with Crippen LogP contribution in [-0.4, -0.2) is 17.5 Å². The van der Waals surface area contributed by atoms with Crippen molar-refractivity contribution in [2.24, 2.45) is 0 Å². The molecule has 4 nitrogen and oxygen atoms in total. The van der Waals surface area contributed by atoms with Crippen molar-refractivity contribution in [3.05, 3.63) is 95.8 Å². The number of ether oxygens (including phenoxy) is 1. The van der Waals surface area contributed by atoms with Gasteiger partial charge in [0.15, 0.2) is 6.61 Å². The highest BCUT2D eigenvalue weighted by Crippen LogP contribution is 2.21. The quantitative estimate of drug-likeness (QED) is 0.722. The van der Waals surface area contributed by atoms with E-state index in [0.29, 0.717) is 6.54 Å². The van der Waals surface area contributed by atoms with E-state index in [9.17, 15) is 4.79 Å². The molecule has 0 saturated heterocycles. The summed E-state index contributed by atoms with van der Waals surface area (Å²) in [7, 11) is 0. The normalized spacial score (nSPS) is 10.2. The summed E-state index contributed by atoms with van der Waals surface area (Å²) in [4.78, 5) is 16.0. The van der Waals surface area contributed by atoms with E-state index in [0.717, 1.165) is 23.3 Å². The van der Waals surface area contributed by atoms with Gasteiger partial charge in [0.2, 0.25) is 0 Å². The number of benzene rings is 2. The summed E-state index contributed by atoms with van der Waals surface area (Å²) >= 11 is 0. The smallest absolute Gasteiger partial charge is 0.258 e. The summed E-state index contributed by atoms with van der Waals surface area (Å²) in [5.41, 5.74) is 3.23. The molecule has 4 heteroatoms. The van der Waals surface area contributed by atoms with E-state index in [1.165, 1.54) is 5.56 Å². The molecule has 2 aromatic carbocycles. The Kier molecular flexibility index (Phi) is 5.77. The van der Waals surface area contributed by atoms with Crippen molar-refractivity contribution in [1.82, 2.24) is 10.3 Å². The van der Waals surface area contributed by atoms with Gasteiger partial charge in [-0.1, -0.05) is 54.6 Å². The molecule has 0 saturated carbocycles. The molecule has 0 fully saturated rings. The number of nitrogens with one attached hydrogen (secondary N) is 1. The average molecular weight is 332 g/mol. The predicted molar refractivity (Wildman–Crippen MR) is 97.3 cm³/mol. The van der Waals surface area contributed by atoms with E-state index in [2.05, 4.69) is 22.4 Å². The molecule has 1 heterocycles. The molecule has 25 heavy (non-hydrogen) atoms. The Bertz CT molecular complexity index is 804. The second kappa shape index (κ2) is 8.64. The van der Waals surface area contributed by atoms with Gasteiger partial charge in [-0.15, -0.1) is 0 Å². The number of carbonyl (C=O) groups is 1. The Morgan fingerprint density at radius 2 is 1.68 bits per heavy atom. The number of hydrogen-bond acceptors (Lipinski definition) is 3. The maximum Gasteiger partial charge on any atom is 0.258 e. The van der Waals surface area contributed by atoms with Crippen molar-refractivity contribution in [1.29, 1.82) is 0 Å². The average Bonchev–Trinajstić information content (AvgIpc) is 2.67. The maximum absolute atomic E-state index is 12.0. The lowest BCUT2D eigenvalue weighted by molar-refractivity contribution is -0.123. The molecule has 0 unspecified atom stereocenters. The zero-order valence-corrected chi connectivity index (χ0v) is 13.9. The second-order valence-electron chi connectivity index (χ2n) is 5.70. The highest BCUT2D eigenvalue weighted by molar-refractivity contribution is 5.77.